The highest BCUT2D eigenvalue weighted by Gasteiger charge is 2.26. The van der Waals surface area contributed by atoms with Crippen LogP contribution in [-0.4, -0.2) is 26.4 Å². The first-order valence-corrected chi connectivity index (χ1v) is 13.6. The predicted octanol–water partition coefficient (Wildman–Crippen LogP) is 5.88. The van der Waals surface area contributed by atoms with E-state index in [0.29, 0.717) is 44.8 Å². The fourth-order valence-corrected chi connectivity index (χ4v) is 6.25. The number of nitrogens with one attached hydrogen (secondary N) is 1. The molecule has 0 spiro atoms. The van der Waals surface area contributed by atoms with Crippen molar-refractivity contribution in [3.63, 3.8) is 0 Å². The highest BCUT2D eigenvalue weighted by molar-refractivity contribution is 7.99. The smallest absolute Gasteiger partial charge is 0.235 e. The number of nitrogens with zero attached hydrogens (tertiary/aromatic N) is 4. The Kier molecular flexibility index (Phi) is 8.50. The van der Waals surface area contributed by atoms with Crippen molar-refractivity contribution in [1.29, 1.82) is 5.26 Å². The molecule has 2 aromatic heterocycles. The molecule has 10 heteroatoms. The average Bonchev–Trinajstić information content (AvgIpc) is 3.41. The van der Waals surface area contributed by atoms with Crippen LogP contribution in [0.5, 0.6) is 5.75 Å². The van der Waals surface area contributed by atoms with E-state index in [4.69, 9.17) is 16.3 Å². The van der Waals surface area contributed by atoms with Crippen molar-refractivity contribution >= 4 is 45.6 Å². The summed E-state index contributed by atoms with van der Waals surface area (Å²) in [4.78, 5) is 14.0. The number of anilines is 1. The van der Waals surface area contributed by atoms with Crippen molar-refractivity contribution in [2.24, 2.45) is 5.92 Å². The molecule has 0 radical (unpaired) electrons. The van der Waals surface area contributed by atoms with Crippen molar-refractivity contribution in [2.75, 3.05) is 11.1 Å². The molecule has 1 aromatic carbocycles. The minimum absolute atomic E-state index is 0.151. The molecule has 7 nitrogen and oxygen atoms in total. The van der Waals surface area contributed by atoms with Crippen LogP contribution < -0.4 is 10.1 Å². The van der Waals surface area contributed by atoms with Crippen LogP contribution in [0.3, 0.4) is 0 Å². The highest BCUT2D eigenvalue weighted by atomic mass is 35.5. The van der Waals surface area contributed by atoms with Gasteiger partial charge in [0.1, 0.15) is 23.4 Å². The van der Waals surface area contributed by atoms with Gasteiger partial charge in [0.05, 0.1) is 11.3 Å². The van der Waals surface area contributed by atoms with E-state index in [1.54, 1.807) is 41.7 Å². The zero-order valence-electron chi connectivity index (χ0n) is 19.4. The van der Waals surface area contributed by atoms with E-state index in [1.807, 2.05) is 4.57 Å². The van der Waals surface area contributed by atoms with Crippen LogP contribution in [0.4, 0.5) is 5.00 Å². The molecule has 0 saturated carbocycles. The van der Waals surface area contributed by atoms with E-state index in [-0.39, 0.29) is 18.3 Å². The number of carbonyl (C=O) groups excluding carboxylic acids is 1. The third-order valence-corrected chi connectivity index (χ3v) is 8.32. The number of fused-ring (bicyclic) bond motifs is 1. The topological polar surface area (TPSA) is 92.8 Å². The number of ether oxygens (including phenoxy) is 1. The number of nitriles is 1. The van der Waals surface area contributed by atoms with Gasteiger partial charge in [-0.2, -0.15) is 5.26 Å². The number of hydrogen-bond donors (Lipinski definition) is 1. The van der Waals surface area contributed by atoms with Crippen LogP contribution in [0.15, 0.2) is 42.1 Å². The van der Waals surface area contributed by atoms with Gasteiger partial charge in [-0.1, -0.05) is 42.8 Å². The molecule has 1 aliphatic rings. The Balaban J connectivity index is 1.39. The molecule has 1 amide bonds. The molecule has 1 N–H and O–H groups in total. The second kappa shape index (κ2) is 11.8. The second-order valence-corrected chi connectivity index (χ2v) is 10.7. The van der Waals surface area contributed by atoms with Gasteiger partial charge < -0.3 is 10.1 Å². The van der Waals surface area contributed by atoms with E-state index in [1.165, 1.54) is 16.6 Å². The number of allylic oxidation sites excluding steroid dienone is 1. The first-order valence-electron chi connectivity index (χ1n) is 11.4. The minimum atomic E-state index is -0.177. The highest BCUT2D eigenvalue weighted by Crippen LogP contribution is 2.40. The van der Waals surface area contributed by atoms with Gasteiger partial charge in [-0.05, 0) is 55.0 Å². The molecule has 182 valence electrons. The number of aromatic nitrogens is 3. The zero-order chi connectivity index (χ0) is 24.8. The number of rotatable bonds is 10. The fraction of sp³-hybridized carbons (Fsp3) is 0.360. The van der Waals surface area contributed by atoms with Crippen LogP contribution >= 0.6 is 34.7 Å². The summed E-state index contributed by atoms with van der Waals surface area (Å²) in [5, 5.41) is 23.0. The van der Waals surface area contributed by atoms with E-state index in [9.17, 15) is 10.1 Å². The van der Waals surface area contributed by atoms with Crippen molar-refractivity contribution in [3.8, 4) is 11.8 Å². The Labute approximate surface area is 218 Å². The fourth-order valence-electron chi connectivity index (χ4n) is 4.03. The summed E-state index contributed by atoms with van der Waals surface area (Å²) in [7, 11) is 0. The van der Waals surface area contributed by atoms with E-state index in [0.717, 1.165) is 31.2 Å². The molecule has 1 aliphatic carbocycles. The van der Waals surface area contributed by atoms with Crippen LogP contribution in [0.2, 0.25) is 5.02 Å². The number of carbonyl (C=O) groups is 1. The molecule has 0 fully saturated rings. The van der Waals surface area contributed by atoms with Crippen LogP contribution in [-0.2, 0) is 30.8 Å². The van der Waals surface area contributed by atoms with Gasteiger partial charge in [0.15, 0.2) is 11.0 Å². The summed E-state index contributed by atoms with van der Waals surface area (Å²) in [6.45, 7) is 6.73. The van der Waals surface area contributed by atoms with Crippen molar-refractivity contribution in [2.45, 2.75) is 50.9 Å². The summed E-state index contributed by atoms with van der Waals surface area (Å²) in [6, 6.07) is 9.40. The standard InChI is InChI=1S/C25H26ClN5O2S2/c1-3-11-31-22(14-33-18-8-6-17(26)7-9-18)29-30-25(31)34-15-23(32)28-24-20(13-27)19-10-5-16(4-2)12-21(19)35-24/h3,6-9,16H,1,4-5,10-12,14-15H2,2H3,(H,28,32). The molecular weight excluding hydrogens is 502 g/mol. The molecule has 2 heterocycles. The predicted molar refractivity (Wildman–Crippen MR) is 140 cm³/mol. The summed E-state index contributed by atoms with van der Waals surface area (Å²) < 4.78 is 7.67. The summed E-state index contributed by atoms with van der Waals surface area (Å²) in [5.41, 5.74) is 1.73. The van der Waals surface area contributed by atoms with Crippen LogP contribution in [0.25, 0.3) is 0 Å². The summed E-state index contributed by atoms with van der Waals surface area (Å²) in [6.07, 6.45) is 5.87. The Morgan fingerprint density at radius 2 is 2.23 bits per heavy atom. The third-order valence-electron chi connectivity index (χ3n) is 5.93. The maximum atomic E-state index is 12.8. The van der Waals surface area contributed by atoms with Gasteiger partial charge in [-0.15, -0.1) is 28.1 Å². The molecule has 0 saturated heterocycles. The van der Waals surface area contributed by atoms with Crippen molar-refractivity contribution in [3.05, 3.63) is 63.8 Å². The van der Waals surface area contributed by atoms with Gasteiger partial charge in [0.2, 0.25) is 5.91 Å². The van der Waals surface area contributed by atoms with Gasteiger partial charge >= 0.3 is 0 Å². The quantitative estimate of drug-likeness (QED) is 0.261. The number of hydrogen-bond acceptors (Lipinski definition) is 7. The maximum Gasteiger partial charge on any atom is 0.235 e. The SMILES string of the molecule is C=CCn1c(COc2ccc(Cl)cc2)nnc1SCC(=O)Nc1sc2c(c1C#N)CCC(CC)C2. The first kappa shape index (κ1) is 25.3. The molecular formula is C25H26ClN5O2S2. The normalized spacial score (nSPS) is 14.7. The molecule has 0 aliphatic heterocycles. The first-order chi connectivity index (χ1) is 17.0. The Morgan fingerprint density at radius 1 is 1.43 bits per heavy atom. The van der Waals surface area contributed by atoms with E-state index < -0.39 is 0 Å². The Hall–Kier alpha value is -2.80. The number of amides is 1. The van der Waals surface area contributed by atoms with Crippen LogP contribution in [0.1, 0.15) is 41.6 Å². The molecule has 3 aromatic rings. The van der Waals surface area contributed by atoms with E-state index >= 15 is 0 Å². The van der Waals surface area contributed by atoms with Crippen LogP contribution in [0, 0.1) is 17.2 Å². The lowest BCUT2D eigenvalue weighted by Crippen LogP contribution is -2.15. The number of thioether (sulfide) groups is 1. The van der Waals surface area contributed by atoms with Crippen molar-refractivity contribution in [1.82, 2.24) is 14.8 Å². The van der Waals surface area contributed by atoms with Crippen molar-refractivity contribution < 1.29 is 9.53 Å². The largest absolute Gasteiger partial charge is 0.486 e. The summed E-state index contributed by atoms with van der Waals surface area (Å²) in [5.74, 6) is 1.93. The van der Waals surface area contributed by atoms with Gasteiger partial charge in [0, 0.05) is 16.4 Å². The minimum Gasteiger partial charge on any atom is -0.486 e. The average molecular weight is 528 g/mol. The van der Waals surface area contributed by atoms with Gasteiger partial charge in [0.25, 0.3) is 0 Å². The summed E-state index contributed by atoms with van der Waals surface area (Å²) >= 11 is 8.75. The molecule has 0 bridgehead atoms. The lowest BCUT2D eigenvalue weighted by Gasteiger charge is -2.20. The number of thiophene rings is 1. The third kappa shape index (κ3) is 6.07. The Bertz CT molecular complexity index is 1250. The monoisotopic (exact) mass is 527 g/mol. The lowest BCUT2D eigenvalue weighted by molar-refractivity contribution is -0.113. The van der Waals surface area contributed by atoms with E-state index in [2.05, 4.69) is 35.1 Å². The maximum absolute atomic E-state index is 12.8. The van der Waals surface area contributed by atoms with Gasteiger partial charge in [-0.3, -0.25) is 9.36 Å². The number of halogens is 1. The molecule has 4 rings (SSSR count). The molecule has 1 atom stereocenters. The van der Waals surface area contributed by atoms with Gasteiger partial charge in [-0.25, -0.2) is 0 Å². The Morgan fingerprint density at radius 3 is 2.94 bits per heavy atom. The zero-order valence-corrected chi connectivity index (χ0v) is 21.8. The lowest BCUT2D eigenvalue weighted by atomic mass is 9.86. The molecule has 1 unspecified atom stereocenters. The number of benzene rings is 1. The second-order valence-electron chi connectivity index (χ2n) is 8.21. The molecule has 35 heavy (non-hydrogen) atoms.